The molecule has 22 heavy (non-hydrogen) atoms. The average molecular weight is 304 g/mol. The minimum absolute atomic E-state index is 0.161. The van der Waals surface area contributed by atoms with Crippen LogP contribution in [0.2, 0.25) is 0 Å². The molecule has 0 aliphatic carbocycles. The second-order valence-corrected chi connectivity index (χ2v) is 5.31. The summed E-state index contributed by atoms with van der Waals surface area (Å²) >= 11 is 0. The SMILES string of the molecule is CN(C)Cc1ccccc1CNC(=O)c1ccc(F)cc1F. The highest BCUT2D eigenvalue weighted by Gasteiger charge is 2.12. The lowest BCUT2D eigenvalue weighted by Gasteiger charge is -2.14. The highest BCUT2D eigenvalue weighted by Crippen LogP contribution is 2.12. The van der Waals surface area contributed by atoms with Crippen LogP contribution >= 0.6 is 0 Å². The van der Waals surface area contributed by atoms with Crippen molar-refractivity contribution in [3.8, 4) is 0 Å². The quantitative estimate of drug-likeness (QED) is 0.921. The van der Waals surface area contributed by atoms with E-state index < -0.39 is 17.5 Å². The van der Waals surface area contributed by atoms with E-state index in [9.17, 15) is 13.6 Å². The number of amides is 1. The zero-order chi connectivity index (χ0) is 16.1. The summed E-state index contributed by atoms with van der Waals surface area (Å²) in [7, 11) is 3.92. The summed E-state index contributed by atoms with van der Waals surface area (Å²) in [6.45, 7) is 1.04. The Morgan fingerprint density at radius 2 is 1.77 bits per heavy atom. The van der Waals surface area contributed by atoms with Crippen molar-refractivity contribution < 1.29 is 13.6 Å². The molecular weight excluding hydrogens is 286 g/mol. The summed E-state index contributed by atoms with van der Waals surface area (Å²) in [5.41, 5.74) is 1.89. The largest absolute Gasteiger partial charge is 0.348 e. The van der Waals surface area contributed by atoms with Gasteiger partial charge in [-0.3, -0.25) is 4.79 Å². The van der Waals surface area contributed by atoms with Gasteiger partial charge in [-0.1, -0.05) is 24.3 Å². The molecule has 2 aromatic carbocycles. The molecule has 5 heteroatoms. The Kier molecular flexibility index (Phi) is 5.22. The van der Waals surface area contributed by atoms with E-state index in [-0.39, 0.29) is 5.56 Å². The van der Waals surface area contributed by atoms with Gasteiger partial charge in [-0.05, 0) is 37.4 Å². The second-order valence-electron chi connectivity index (χ2n) is 5.31. The van der Waals surface area contributed by atoms with Crippen molar-refractivity contribution in [3.05, 3.63) is 70.8 Å². The van der Waals surface area contributed by atoms with Crippen LogP contribution in [0.3, 0.4) is 0 Å². The number of carbonyl (C=O) groups is 1. The van der Waals surface area contributed by atoms with Crippen LogP contribution in [-0.2, 0) is 13.1 Å². The Morgan fingerprint density at radius 3 is 2.41 bits per heavy atom. The topological polar surface area (TPSA) is 32.3 Å². The number of hydrogen-bond acceptors (Lipinski definition) is 2. The van der Waals surface area contributed by atoms with Crippen molar-refractivity contribution in [3.63, 3.8) is 0 Å². The van der Waals surface area contributed by atoms with E-state index in [4.69, 9.17) is 0 Å². The second kappa shape index (κ2) is 7.13. The first-order valence-corrected chi connectivity index (χ1v) is 6.92. The predicted octanol–water partition coefficient (Wildman–Crippen LogP) is 2.96. The highest BCUT2D eigenvalue weighted by molar-refractivity contribution is 5.94. The Labute approximate surface area is 128 Å². The van der Waals surface area contributed by atoms with Crippen molar-refractivity contribution in [1.29, 1.82) is 0 Å². The third kappa shape index (κ3) is 4.11. The van der Waals surface area contributed by atoms with E-state index in [0.29, 0.717) is 12.6 Å². The first kappa shape index (κ1) is 16.1. The van der Waals surface area contributed by atoms with Crippen molar-refractivity contribution in [2.75, 3.05) is 14.1 Å². The molecule has 0 saturated carbocycles. The normalized spacial score (nSPS) is 10.8. The van der Waals surface area contributed by atoms with Crippen molar-refractivity contribution in [2.45, 2.75) is 13.1 Å². The summed E-state index contributed by atoms with van der Waals surface area (Å²) in [5.74, 6) is -2.12. The lowest BCUT2D eigenvalue weighted by molar-refractivity contribution is 0.0946. The molecule has 0 heterocycles. The van der Waals surface area contributed by atoms with Crippen LogP contribution in [-0.4, -0.2) is 24.9 Å². The maximum absolute atomic E-state index is 13.6. The molecule has 3 nitrogen and oxygen atoms in total. The molecule has 0 atom stereocenters. The third-order valence-corrected chi connectivity index (χ3v) is 3.22. The maximum Gasteiger partial charge on any atom is 0.254 e. The lowest BCUT2D eigenvalue weighted by Crippen LogP contribution is -2.25. The molecule has 0 bridgehead atoms. The van der Waals surface area contributed by atoms with Gasteiger partial charge in [0.05, 0.1) is 5.56 Å². The van der Waals surface area contributed by atoms with Crippen LogP contribution in [0.15, 0.2) is 42.5 Å². The van der Waals surface area contributed by atoms with Gasteiger partial charge in [-0.25, -0.2) is 8.78 Å². The number of rotatable bonds is 5. The van der Waals surface area contributed by atoms with E-state index in [0.717, 1.165) is 29.8 Å². The van der Waals surface area contributed by atoms with Gasteiger partial charge in [0, 0.05) is 19.2 Å². The molecule has 2 rings (SSSR count). The van der Waals surface area contributed by atoms with Gasteiger partial charge in [0.15, 0.2) is 0 Å². The number of nitrogens with zero attached hydrogens (tertiary/aromatic N) is 1. The zero-order valence-corrected chi connectivity index (χ0v) is 12.6. The minimum atomic E-state index is -0.862. The van der Waals surface area contributed by atoms with Crippen molar-refractivity contribution in [2.24, 2.45) is 0 Å². The molecule has 0 unspecified atom stereocenters. The average Bonchev–Trinajstić information content (AvgIpc) is 2.45. The molecule has 0 aliphatic rings. The molecule has 116 valence electrons. The minimum Gasteiger partial charge on any atom is -0.348 e. The van der Waals surface area contributed by atoms with Crippen LogP contribution < -0.4 is 5.32 Å². The lowest BCUT2D eigenvalue weighted by atomic mass is 10.1. The van der Waals surface area contributed by atoms with Crippen LogP contribution in [0.1, 0.15) is 21.5 Å². The fourth-order valence-corrected chi connectivity index (χ4v) is 2.17. The monoisotopic (exact) mass is 304 g/mol. The smallest absolute Gasteiger partial charge is 0.254 e. The first-order chi connectivity index (χ1) is 10.5. The molecule has 1 N–H and O–H groups in total. The van der Waals surface area contributed by atoms with Gasteiger partial charge in [0.2, 0.25) is 0 Å². The molecule has 0 fully saturated rings. The summed E-state index contributed by atoms with van der Waals surface area (Å²) in [6, 6.07) is 10.6. The Balaban J connectivity index is 2.08. The molecule has 1 amide bonds. The molecule has 0 aliphatic heterocycles. The van der Waals surface area contributed by atoms with Crippen LogP contribution in [0.25, 0.3) is 0 Å². The summed E-state index contributed by atoms with van der Waals surface area (Å²) in [4.78, 5) is 14.0. The first-order valence-electron chi connectivity index (χ1n) is 6.92. The standard InChI is InChI=1S/C17H18F2N2O/c1-21(2)11-13-6-4-3-5-12(13)10-20-17(22)15-8-7-14(18)9-16(15)19/h3-9H,10-11H2,1-2H3,(H,20,22). The predicted molar refractivity (Wildman–Crippen MR) is 81.4 cm³/mol. The van der Waals surface area contributed by atoms with Gasteiger partial charge >= 0.3 is 0 Å². The van der Waals surface area contributed by atoms with Gasteiger partial charge in [-0.15, -0.1) is 0 Å². The van der Waals surface area contributed by atoms with Crippen molar-refractivity contribution in [1.82, 2.24) is 10.2 Å². The maximum atomic E-state index is 13.6. The summed E-state index contributed by atoms with van der Waals surface area (Å²) < 4.78 is 26.4. The Bertz CT molecular complexity index is 671. The molecule has 2 aromatic rings. The fourth-order valence-electron chi connectivity index (χ4n) is 2.17. The van der Waals surface area contributed by atoms with Crippen LogP contribution in [0.5, 0.6) is 0 Å². The van der Waals surface area contributed by atoms with Gasteiger partial charge in [0.25, 0.3) is 5.91 Å². The highest BCUT2D eigenvalue weighted by atomic mass is 19.1. The van der Waals surface area contributed by atoms with E-state index in [1.807, 2.05) is 43.3 Å². The van der Waals surface area contributed by atoms with Crippen molar-refractivity contribution >= 4 is 5.91 Å². The van der Waals surface area contributed by atoms with Crippen LogP contribution in [0, 0.1) is 11.6 Å². The summed E-state index contributed by atoms with van der Waals surface area (Å²) in [6.07, 6.45) is 0. The molecular formula is C17H18F2N2O. The Morgan fingerprint density at radius 1 is 1.09 bits per heavy atom. The number of nitrogens with one attached hydrogen (secondary N) is 1. The van der Waals surface area contributed by atoms with Gasteiger partial charge in [-0.2, -0.15) is 0 Å². The molecule has 0 saturated heterocycles. The number of benzene rings is 2. The number of halogens is 2. The Hall–Kier alpha value is -2.27. The van der Waals surface area contributed by atoms with E-state index in [2.05, 4.69) is 5.32 Å². The molecule has 0 aromatic heterocycles. The molecule has 0 spiro atoms. The van der Waals surface area contributed by atoms with E-state index in [1.54, 1.807) is 0 Å². The number of carbonyl (C=O) groups excluding carboxylic acids is 1. The van der Waals surface area contributed by atoms with Crippen LogP contribution in [0.4, 0.5) is 8.78 Å². The fraction of sp³-hybridized carbons (Fsp3) is 0.235. The van der Waals surface area contributed by atoms with E-state index in [1.165, 1.54) is 0 Å². The number of hydrogen-bond donors (Lipinski definition) is 1. The third-order valence-electron chi connectivity index (χ3n) is 3.22. The summed E-state index contributed by atoms with van der Waals surface area (Å²) in [5, 5.41) is 2.67. The van der Waals surface area contributed by atoms with Gasteiger partial charge < -0.3 is 10.2 Å². The van der Waals surface area contributed by atoms with Gasteiger partial charge in [0.1, 0.15) is 11.6 Å². The zero-order valence-electron chi connectivity index (χ0n) is 12.6. The molecule has 0 radical (unpaired) electrons. The van der Waals surface area contributed by atoms with E-state index >= 15 is 0 Å².